The summed E-state index contributed by atoms with van der Waals surface area (Å²) in [5.41, 5.74) is 5.50. The summed E-state index contributed by atoms with van der Waals surface area (Å²) in [6.45, 7) is 0.453. The van der Waals surface area contributed by atoms with Crippen LogP contribution in [-0.2, 0) is 16.1 Å². The van der Waals surface area contributed by atoms with Crippen molar-refractivity contribution in [3.63, 3.8) is 0 Å². The van der Waals surface area contributed by atoms with Gasteiger partial charge in [-0.05, 0) is 23.3 Å². The topological polar surface area (TPSA) is 115 Å². The third-order valence-corrected chi connectivity index (χ3v) is 6.04. The number of hydrogen-bond donors (Lipinski definition) is 2. The number of ether oxygens (including phenoxy) is 3. The Kier molecular flexibility index (Phi) is 4.31. The molecule has 0 saturated heterocycles. The molecule has 3 unspecified atom stereocenters. The minimum Gasteiger partial charge on any atom is -0.489 e. The first kappa shape index (κ1) is 18.9. The molecule has 0 spiro atoms. The van der Waals surface area contributed by atoms with Crippen molar-refractivity contribution in [3.05, 3.63) is 65.7 Å². The van der Waals surface area contributed by atoms with E-state index in [1.807, 2.05) is 54.6 Å². The van der Waals surface area contributed by atoms with Gasteiger partial charge in [-0.15, -0.1) is 0 Å². The van der Waals surface area contributed by atoms with E-state index >= 15 is 0 Å². The molecule has 2 aromatic carbocycles. The molecule has 1 aliphatic heterocycles. The number of hydrogen-bond acceptors (Lipinski definition) is 6. The summed E-state index contributed by atoms with van der Waals surface area (Å²) < 4.78 is 16.9. The first-order valence-electron chi connectivity index (χ1n) is 9.16. The fraction of sp³-hybridized carbons (Fsp3) is 0.318. The molecule has 1 saturated carbocycles. The average molecular weight is 389 g/mol. The minimum atomic E-state index is -1.49. The zero-order chi connectivity index (χ0) is 20.7. The Morgan fingerprint density at radius 2 is 1.66 bits per heavy atom. The van der Waals surface area contributed by atoms with Gasteiger partial charge in [-0.1, -0.05) is 42.5 Å². The Hall–Kier alpha value is -3.39. The zero-order valence-corrected chi connectivity index (χ0v) is 16.2. The van der Waals surface area contributed by atoms with E-state index in [1.54, 1.807) is 0 Å². The minimum absolute atomic E-state index is 0.180. The fourth-order valence-electron chi connectivity index (χ4n) is 4.61. The summed E-state index contributed by atoms with van der Waals surface area (Å²) in [5, 5.41) is 20.1. The molecule has 7 nitrogen and oxygen atoms in total. The molecule has 1 aliphatic carbocycles. The van der Waals surface area contributed by atoms with Crippen LogP contribution >= 0.6 is 0 Å². The monoisotopic (exact) mass is 389 g/mol. The number of nitrogens with one attached hydrogen (secondary N) is 1. The molecule has 0 aromatic heterocycles. The third-order valence-electron chi connectivity index (χ3n) is 6.04. The van der Waals surface area contributed by atoms with E-state index in [0.717, 1.165) is 11.1 Å². The number of nitrogens with zero attached hydrogens (tertiary/aromatic N) is 2. The van der Waals surface area contributed by atoms with E-state index in [0.29, 0.717) is 12.4 Å². The van der Waals surface area contributed by atoms with Crippen molar-refractivity contribution in [3.8, 4) is 17.9 Å². The van der Waals surface area contributed by atoms with Crippen LogP contribution < -0.4 is 15.5 Å². The molecule has 2 aliphatic rings. The second-order valence-corrected chi connectivity index (χ2v) is 7.18. The predicted molar refractivity (Wildman–Crippen MR) is 103 cm³/mol. The van der Waals surface area contributed by atoms with Crippen LogP contribution in [0.4, 0.5) is 0 Å². The van der Waals surface area contributed by atoms with Gasteiger partial charge in [0.2, 0.25) is 0 Å². The predicted octanol–water partition coefficient (Wildman–Crippen LogP) is 0.781. The summed E-state index contributed by atoms with van der Waals surface area (Å²) in [5.74, 6) is -1.11. The van der Waals surface area contributed by atoms with Crippen LogP contribution in [0.5, 0.6) is 5.75 Å². The summed E-state index contributed by atoms with van der Waals surface area (Å²) in [6.07, 6.45) is 0. The number of benzene rings is 2. The van der Waals surface area contributed by atoms with E-state index < -0.39 is 22.7 Å². The highest BCUT2D eigenvalue weighted by atomic mass is 16.7. The highest BCUT2D eigenvalue weighted by molar-refractivity contribution is 5.95. The number of amidine groups is 1. The highest BCUT2D eigenvalue weighted by Crippen LogP contribution is 2.78. The van der Waals surface area contributed by atoms with Crippen LogP contribution in [0, 0.1) is 33.5 Å². The quantitative estimate of drug-likeness (QED) is 0.706. The van der Waals surface area contributed by atoms with Gasteiger partial charge in [-0.2, -0.15) is 10.5 Å². The van der Waals surface area contributed by atoms with Gasteiger partial charge >= 0.3 is 5.91 Å². The first-order chi connectivity index (χ1) is 14.0. The van der Waals surface area contributed by atoms with Crippen molar-refractivity contribution in [1.29, 1.82) is 10.5 Å². The summed E-state index contributed by atoms with van der Waals surface area (Å²) in [7, 11) is 2.85. The Morgan fingerprint density at radius 1 is 1.00 bits per heavy atom. The number of nitrogens with two attached hydrogens (primary N) is 1. The SMILES string of the molecule is COC1(OC)[NH+]=C(N)C2(C#N)C(c3ccc(OCc4ccccc4)cc3)C12C#N. The zero-order valence-electron chi connectivity index (χ0n) is 16.2. The maximum atomic E-state index is 10.1. The van der Waals surface area contributed by atoms with Crippen LogP contribution in [0.25, 0.3) is 0 Å². The van der Waals surface area contributed by atoms with E-state index in [2.05, 4.69) is 17.1 Å². The lowest BCUT2D eigenvalue weighted by Crippen LogP contribution is -2.90. The smallest absolute Gasteiger partial charge is 0.342 e. The van der Waals surface area contributed by atoms with Gasteiger partial charge in [-0.3, -0.25) is 5.73 Å². The average Bonchev–Trinajstić information content (AvgIpc) is 3.35. The molecule has 146 valence electrons. The van der Waals surface area contributed by atoms with E-state index in [1.165, 1.54) is 14.2 Å². The molecule has 3 N–H and O–H groups in total. The van der Waals surface area contributed by atoms with E-state index in [-0.39, 0.29) is 5.84 Å². The lowest BCUT2D eigenvalue weighted by Gasteiger charge is -2.26. The largest absolute Gasteiger partial charge is 0.489 e. The van der Waals surface area contributed by atoms with Crippen LogP contribution in [0.2, 0.25) is 0 Å². The number of fused-ring (bicyclic) bond motifs is 1. The number of nitriles is 2. The molecule has 29 heavy (non-hydrogen) atoms. The summed E-state index contributed by atoms with van der Waals surface area (Å²) in [6, 6.07) is 21.7. The van der Waals surface area contributed by atoms with Crippen molar-refractivity contribution >= 4 is 5.84 Å². The Morgan fingerprint density at radius 3 is 2.21 bits per heavy atom. The van der Waals surface area contributed by atoms with Crippen LogP contribution in [0.1, 0.15) is 17.0 Å². The lowest BCUT2D eigenvalue weighted by molar-refractivity contribution is -0.687. The van der Waals surface area contributed by atoms with Crippen LogP contribution in [0.15, 0.2) is 54.6 Å². The van der Waals surface area contributed by atoms with Gasteiger partial charge in [-0.25, -0.2) is 4.99 Å². The normalized spacial score (nSPS) is 28.6. The lowest BCUT2D eigenvalue weighted by atomic mass is 9.93. The molecule has 1 fully saturated rings. The van der Waals surface area contributed by atoms with E-state index in [9.17, 15) is 10.5 Å². The van der Waals surface area contributed by atoms with Gasteiger partial charge < -0.3 is 14.2 Å². The van der Waals surface area contributed by atoms with Crippen molar-refractivity contribution in [2.24, 2.45) is 16.6 Å². The Labute approximate surface area is 168 Å². The van der Waals surface area contributed by atoms with Gasteiger partial charge in [0.25, 0.3) is 5.84 Å². The molecule has 7 heteroatoms. The molecular weight excluding hydrogens is 368 g/mol. The second kappa shape index (κ2) is 6.59. The molecule has 2 aromatic rings. The van der Waals surface area contributed by atoms with Crippen molar-refractivity contribution < 1.29 is 19.2 Å². The van der Waals surface area contributed by atoms with Crippen molar-refractivity contribution in [1.82, 2.24) is 0 Å². The summed E-state index contributed by atoms with van der Waals surface area (Å²) >= 11 is 0. The van der Waals surface area contributed by atoms with E-state index in [4.69, 9.17) is 19.9 Å². The van der Waals surface area contributed by atoms with Gasteiger partial charge in [0, 0.05) is 20.1 Å². The molecule has 4 rings (SSSR count). The Bertz CT molecular complexity index is 1030. The fourth-order valence-corrected chi connectivity index (χ4v) is 4.61. The third kappa shape index (κ3) is 2.26. The molecule has 0 bridgehead atoms. The Balaban J connectivity index is 1.63. The van der Waals surface area contributed by atoms with Crippen molar-refractivity contribution in [2.75, 3.05) is 14.2 Å². The van der Waals surface area contributed by atoms with Gasteiger partial charge in [0.1, 0.15) is 12.4 Å². The standard InChI is InChI=1S/C22H20N4O3/c1-27-22(28-2)21(14-24)18(20(21,13-23)19(25)26-22)16-8-10-17(11-9-16)29-12-15-6-4-3-5-7-15/h3-11,18H,12H2,1-2H3,(H2,25,26)/p+1. The van der Waals surface area contributed by atoms with Crippen molar-refractivity contribution in [2.45, 2.75) is 18.4 Å². The molecule has 0 amide bonds. The molecular formula is C22H21N4O3+. The number of rotatable bonds is 6. The first-order valence-corrected chi connectivity index (χ1v) is 9.16. The second-order valence-electron chi connectivity index (χ2n) is 7.18. The van der Waals surface area contributed by atoms with Crippen LogP contribution in [0.3, 0.4) is 0 Å². The van der Waals surface area contributed by atoms with Gasteiger partial charge in [0.15, 0.2) is 10.8 Å². The maximum Gasteiger partial charge on any atom is 0.342 e. The number of methoxy groups -OCH3 is 2. The summed E-state index contributed by atoms with van der Waals surface area (Å²) in [4.78, 5) is 2.88. The van der Waals surface area contributed by atoms with Gasteiger partial charge in [0.05, 0.1) is 12.1 Å². The maximum absolute atomic E-state index is 10.1. The molecule has 1 heterocycles. The highest BCUT2D eigenvalue weighted by Gasteiger charge is 2.96. The molecule has 0 radical (unpaired) electrons. The van der Waals surface area contributed by atoms with Crippen LogP contribution in [-0.4, -0.2) is 26.0 Å². The molecule has 3 atom stereocenters.